The number of carbonyl (C=O) groups is 1. The zero-order chi connectivity index (χ0) is 19.8. The van der Waals surface area contributed by atoms with Gasteiger partial charge < -0.3 is 19.7 Å². The number of piperidine rings is 1. The molecular weight excluding hydrogens is 354 g/mol. The number of hydrogen-bond acceptors (Lipinski definition) is 4. The molecule has 0 atom stereocenters. The Kier molecular flexibility index (Phi) is 6.89. The summed E-state index contributed by atoms with van der Waals surface area (Å²) < 4.78 is 10.7. The predicted molar refractivity (Wildman–Crippen MR) is 109 cm³/mol. The molecule has 0 unspecified atom stereocenters. The molecule has 0 aromatic heterocycles. The molecule has 1 heterocycles. The Morgan fingerprint density at radius 2 is 1.71 bits per heavy atom. The first-order valence-corrected chi connectivity index (χ1v) is 9.55. The number of esters is 1. The van der Waals surface area contributed by atoms with Gasteiger partial charge in [-0.3, -0.25) is 9.79 Å². The van der Waals surface area contributed by atoms with Crippen LogP contribution in [0.2, 0.25) is 0 Å². The third kappa shape index (κ3) is 5.25. The molecule has 0 aliphatic carbocycles. The first-order chi connectivity index (χ1) is 13.7. The molecule has 0 spiro atoms. The van der Waals surface area contributed by atoms with Crippen LogP contribution >= 0.6 is 0 Å². The highest BCUT2D eigenvalue weighted by molar-refractivity contribution is 5.80. The maximum Gasteiger partial charge on any atom is 0.308 e. The van der Waals surface area contributed by atoms with E-state index in [4.69, 9.17) is 9.47 Å². The quantitative estimate of drug-likeness (QED) is 0.488. The Hall–Kier alpha value is -3.02. The highest BCUT2D eigenvalue weighted by Crippen LogP contribution is 2.21. The highest BCUT2D eigenvalue weighted by atomic mass is 16.5. The van der Waals surface area contributed by atoms with E-state index in [0.29, 0.717) is 6.54 Å². The standard InChI is InChI=1S/C22H27N3O3/c1-23-22(25-14-12-18(13-15-25)21(26)27-2)24-16-17-8-10-20(11-9-17)28-19-6-4-3-5-7-19/h3-11,18H,12-16H2,1-2H3,(H,23,24). The smallest absolute Gasteiger partial charge is 0.308 e. The molecule has 2 aromatic carbocycles. The van der Waals surface area contributed by atoms with Crippen molar-refractivity contribution in [1.29, 1.82) is 0 Å². The number of methoxy groups -OCH3 is 1. The van der Waals surface area contributed by atoms with Gasteiger partial charge in [-0.05, 0) is 42.7 Å². The van der Waals surface area contributed by atoms with Crippen LogP contribution in [0.25, 0.3) is 0 Å². The molecule has 6 nitrogen and oxygen atoms in total. The summed E-state index contributed by atoms with van der Waals surface area (Å²) in [6.45, 7) is 2.27. The Balaban J connectivity index is 1.49. The molecule has 1 N–H and O–H groups in total. The summed E-state index contributed by atoms with van der Waals surface area (Å²) in [5.74, 6) is 2.37. The molecule has 1 aliphatic heterocycles. The van der Waals surface area contributed by atoms with Crippen LogP contribution in [0.1, 0.15) is 18.4 Å². The summed E-state index contributed by atoms with van der Waals surface area (Å²) >= 11 is 0. The first-order valence-electron chi connectivity index (χ1n) is 9.55. The topological polar surface area (TPSA) is 63.2 Å². The molecular formula is C22H27N3O3. The molecule has 1 saturated heterocycles. The molecule has 0 radical (unpaired) electrons. The number of nitrogens with one attached hydrogen (secondary N) is 1. The molecule has 6 heteroatoms. The average molecular weight is 381 g/mol. The lowest BCUT2D eigenvalue weighted by atomic mass is 9.97. The van der Waals surface area contributed by atoms with Gasteiger partial charge in [-0.2, -0.15) is 0 Å². The first kappa shape index (κ1) is 19.7. The van der Waals surface area contributed by atoms with Crippen molar-refractivity contribution in [1.82, 2.24) is 10.2 Å². The van der Waals surface area contributed by atoms with E-state index in [9.17, 15) is 4.79 Å². The second-order valence-corrected chi connectivity index (χ2v) is 6.74. The fraction of sp³-hybridized carbons (Fsp3) is 0.364. The summed E-state index contributed by atoms with van der Waals surface area (Å²) in [6, 6.07) is 17.8. The fourth-order valence-electron chi connectivity index (χ4n) is 3.31. The Morgan fingerprint density at radius 1 is 1.07 bits per heavy atom. The molecule has 0 bridgehead atoms. The van der Waals surface area contributed by atoms with Crippen LogP contribution in [-0.2, 0) is 16.1 Å². The van der Waals surface area contributed by atoms with Crippen molar-refractivity contribution in [3.63, 3.8) is 0 Å². The molecule has 0 amide bonds. The number of likely N-dealkylation sites (tertiary alicyclic amines) is 1. The van der Waals surface area contributed by atoms with E-state index >= 15 is 0 Å². The van der Waals surface area contributed by atoms with E-state index in [0.717, 1.165) is 49.0 Å². The van der Waals surface area contributed by atoms with E-state index < -0.39 is 0 Å². The SMILES string of the molecule is CN=C(NCc1ccc(Oc2ccccc2)cc1)N1CCC(C(=O)OC)CC1. The third-order valence-corrected chi connectivity index (χ3v) is 4.89. The molecule has 2 aromatic rings. The number of guanidine groups is 1. The fourth-order valence-corrected chi connectivity index (χ4v) is 3.31. The van der Waals surface area contributed by atoms with Crippen LogP contribution in [0, 0.1) is 5.92 Å². The van der Waals surface area contributed by atoms with E-state index in [-0.39, 0.29) is 11.9 Å². The number of aliphatic imine (C=N–C) groups is 1. The van der Waals surface area contributed by atoms with Crippen LogP contribution < -0.4 is 10.1 Å². The normalized spacial score (nSPS) is 15.2. The molecule has 1 aliphatic rings. The van der Waals surface area contributed by atoms with Gasteiger partial charge in [-0.25, -0.2) is 0 Å². The number of ether oxygens (including phenoxy) is 2. The lowest BCUT2D eigenvalue weighted by molar-refractivity contribution is -0.146. The van der Waals surface area contributed by atoms with Crippen LogP contribution in [0.3, 0.4) is 0 Å². The van der Waals surface area contributed by atoms with Crippen molar-refractivity contribution in [3.05, 3.63) is 60.2 Å². The van der Waals surface area contributed by atoms with Crippen molar-refractivity contribution in [2.45, 2.75) is 19.4 Å². The van der Waals surface area contributed by atoms with Crippen LogP contribution in [0.5, 0.6) is 11.5 Å². The Labute approximate surface area is 166 Å². The number of hydrogen-bond donors (Lipinski definition) is 1. The minimum absolute atomic E-state index is 0.00323. The van der Waals surface area contributed by atoms with Crippen molar-refractivity contribution in [2.24, 2.45) is 10.9 Å². The van der Waals surface area contributed by atoms with Gasteiger partial charge in [-0.1, -0.05) is 30.3 Å². The Bertz CT molecular complexity index is 782. The predicted octanol–water partition coefficient (Wildman–Crippen LogP) is 3.44. The van der Waals surface area contributed by atoms with Gasteiger partial charge >= 0.3 is 5.97 Å². The summed E-state index contributed by atoms with van der Waals surface area (Å²) in [7, 11) is 3.23. The van der Waals surface area contributed by atoms with Gasteiger partial charge in [-0.15, -0.1) is 0 Å². The molecule has 3 rings (SSSR count). The van der Waals surface area contributed by atoms with Crippen molar-refractivity contribution in [3.8, 4) is 11.5 Å². The van der Waals surface area contributed by atoms with Crippen LogP contribution in [0.4, 0.5) is 0 Å². The van der Waals surface area contributed by atoms with Gasteiger partial charge in [0.05, 0.1) is 13.0 Å². The minimum atomic E-state index is -0.111. The number of benzene rings is 2. The van der Waals surface area contributed by atoms with Gasteiger partial charge in [0.1, 0.15) is 11.5 Å². The van der Waals surface area contributed by atoms with E-state index in [1.165, 1.54) is 7.11 Å². The molecule has 0 saturated carbocycles. The van der Waals surface area contributed by atoms with Gasteiger partial charge in [0.25, 0.3) is 0 Å². The number of rotatable bonds is 5. The maximum atomic E-state index is 11.7. The number of carbonyl (C=O) groups excluding carboxylic acids is 1. The number of nitrogens with zero attached hydrogens (tertiary/aromatic N) is 2. The lowest BCUT2D eigenvalue weighted by Gasteiger charge is -2.33. The number of para-hydroxylation sites is 1. The monoisotopic (exact) mass is 381 g/mol. The highest BCUT2D eigenvalue weighted by Gasteiger charge is 2.26. The zero-order valence-corrected chi connectivity index (χ0v) is 16.4. The lowest BCUT2D eigenvalue weighted by Crippen LogP contribution is -2.46. The van der Waals surface area contributed by atoms with Gasteiger partial charge in [0, 0.05) is 26.7 Å². The van der Waals surface area contributed by atoms with Crippen LogP contribution in [0.15, 0.2) is 59.6 Å². The minimum Gasteiger partial charge on any atom is -0.469 e. The third-order valence-electron chi connectivity index (χ3n) is 4.89. The largest absolute Gasteiger partial charge is 0.469 e. The summed E-state index contributed by atoms with van der Waals surface area (Å²) in [5.41, 5.74) is 1.14. The molecule has 1 fully saturated rings. The maximum absolute atomic E-state index is 11.7. The van der Waals surface area contributed by atoms with Crippen LogP contribution in [-0.4, -0.2) is 44.1 Å². The van der Waals surface area contributed by atoms with E-state index in [1.807, 2.05) is 54.6 Å². The van der Waals surface area contributed by atoms with E-state index in [1.54, 1.807) is 7.05 Å². The van der Waals surface area contributed by atoms with Crippen molar-refractivity contribution in [2.75, 3.05) is 27.2 Å². The summed E-state index contributed by atoms with van der Waals surface area (Å²) in [5, 5.41) is 3.40. The Morgan fingerprint density at radius 3 is 2.32 bits per heavy atom. The van der Waals surface area contributed by atoms with Gasteiger partial charge in [0.15, 0.2) is 5.96 Å². The summed E-state index contributed by atoms with van der Waals surface area (Å²) in [4.78, 5) is 18.2. The van der Waals surface area contributed by atoms with E-state index in [2.05, 4.69) is 15.2 Å². The van der Waals surface area contributed by atoms with Crippen molar-refractivity contribution >= 4 is 11.9 Å². The molecule has 28 heavy (non-hydrogen) atoms. The second kappa shape index (κ2) is 9.78. The second-order valence-electron chi connectivity index (χ2n) is 6.74. The summed E-state index contributed by atoms with van der Waals surface area (Å²) in [6.07, 6.45) is 1.58. The zero-order valence-electron chi connectivity index (χ0n) is 16.4. The average Bonchev–Trinajstić information content (AvgIpc) is 2.76. The van der Waals surface area contributed by atoms with Gasteiger partial charge in [0.2, 0.25) is 0 Å². The molecule has 148 valence electrons. The van der Waals surface area contributed by atoms with Crippen molar-refractivity contribution < 1.29 is 14.3 Å².